The number of methoxy groups -OCH3 is 1. The predicted molar refractivity (Wildman–Crippen MR) is 176 cm³/mol. The van der Waals surface area contributed by atoms with Gasteiger partial charge in [0.1, 0.15) is 22.8 Å². The van der Waals surface area contributed by atoms with Crippen LogP contribution in [0.1, 0.15) is 37.1 Å². The van der Waals surface area contributed by atoms with Crippen molar-refractivity contribution < 1.29 is 41.4 Å². The molecule has 15 heteroatoms. The van der Waals surface area contributed by atoms with E-state index in [9.17, 15) is 18.4 Å². The number of urea groups is 1. The third kappa shape index (κ3) is 7.47. The third-order valence-corrected chi connectivity index (χ3v) is 9.47. The molecule has 2 fully saturated rings. The van der Waals surface area contributed by atoms with Gasteiger partial charge >= 0.3 is 6.03 Å². The molecule has 2 atom stereocenters. The number of anilines is 1. The maximum absolute atomic E-state index is 15.3. The molecule has 3 aromatic carbocycles. The number of hydrogen-bond acceptors (Lipinski definition) is 8. The molecule has 2 aliphatic rings. The van der Waals surface area contributed by atoms with Crippen molar-refractivity contribution in [2.24, 2.45) is 0 Å². The fraction of sp³-hybridized carbons (Fsp3) is 0.324. The molecule has 0 saturated carbocycles. The number of ether oxygens (including phenoxy) is 3. The number of carbonyl (C=O) groups excluding carboxylic acids is 2. The normalized spacial score (nSPS) is 17.8. The first-order valence-electron chi connectivity index (χ1n) is 15.6. The molecule has 6 rings (SSSR count). The Morgan fingerprint density at radius 2 is 1.69 bits per heavy atom. The molecule has 0 spiro atoms. The second-order valence-electron chi connectivity index (χ2n) is 11.5. The number of pyridine rings is 1. The highest BCUT2D eigenvalue weighted by atomic mass is 32.2. The molecule has 2 saturated heterocycles. The first-order chi connectivity index (χ1) is 23.6. The number of likely N-dealkylation sites (tertiary alicyclic amines) is 1. The second kappa shape index (κ2) is 14.8. The molecule has 0 bridgehead atoms. The third-order valence-electron chi connectivity index (χ3n) is 8.15. The predicted octanol–water partition coefficient (Wildman–Crippen LogP) is 7.16. The number of nitrogens with zero attached hydrogens (tertiary/aromatic N) is 3. The largest absolute Gasteiger partial charge is 0.493 e. The van der Waals surface area contributed by atoms with Crippen LogP contribution in [0.2, 0.25) is 0 Å². The number of rotatable bonds is 11. The molecule has 4 aromatic rings. The molecule has 49 heavy (non-hydrogen) atoms. The highest BCUT2D eigenvalue weighted by Gasteiger charge is 2.42. The van der Waals surface area contributed by atoms with Crippen LogP contribution in [0.5, 0.6) is 23.0 Å². The molecule has 2 unspecified atom stereocenters. The summed E-state index contributed by atoms with van der Waals surface area (Å²) in [6.45, 7) is 5.14. The summed E-state index contributed by atoms with van der Waals surface area (Å²) in [7, 11) is 1.48. The number of aromatic nitrogens is 1. The van der Waals surface area contributed by atoms with E-state index in [0.717, 1.165) is 67.1 Å². The van der Waals surface area contributed by atoms with E-state index in [0.29, 0.717) is 29.0 Å². The topological polar surface area (TPSA) is 105 Å². The van der Waals surface area contributed by atoms with Crippen molar-refractivity contribution in [3.8, 4) is 23.0 Å². The monoisotopic (exact) mass is 699 g/mol. The van der Waals surface area contributed by atoms with Crippen LogP contribution in [-0.2, 0) is 4.79 Å². The number of nitrogens with one attached hydrogen (secondary N) is 2. The lowest BCUT2D eigenvalue weighted by Crippen LogP contribution is -2.47. The van der Waals surface area contributed by atoms with Crippen LogP contribution in [0, 0.1) is 23.3 Å². The Hall–Kier alpha value is -4.76. The van der Waals surface area contributed by atoms with Gasteiger partial charge in [-0.15, -0.1) is 11.8 Å². The average Bonchev–Trinajstić information content (AvgIpc) is 3.68. The van der Waals surface area contributed by atoms with E-state index in [1.807, 2.05) is 0 Å². The Morgan fingerprint density at radius 1 is 0.980 bits per heavy atom. The molecule has 2 aliphatic heterocycles. The minimum atomic E-state index is -1.21. The van der Waals surface area contributed by atoms with Crippen molar-refractivity contribution >= 4 is 40.3 Å². The summed E-state index contributed by atoms with van der Waals surface area (Å²) < 4.78 is 76.8. The van der Waals surface area contributed by atoms with Crippen molar-refractivity contribution in [1.82, 2.24) is 20.3 Å². The van der Waals surface area contributed by atoms with E-state index in [2.05, 4.69) is 20.6 Å². The van der Waals surface area contributed by atoms with Crippen molar-refractivity contribution in [3.63, 3.8) is 0 Å². The van der Waals surface area contributed by atoms with E-state index in [1.165, 1.54) is 45.2 Å². The first kappa shape index (κ1) is 34.1. The van der Waals surface area contributed by atoms with Gasteiger partial charge in [-0.2, -0.15) is 0 Å². The van der Waals surface area contributed by atoms with Gasteiger partial charge in [-0.1, -0.05) is 6.07 Å². The number of fused-ring (bicyclic) bond motifs is 1. The molecule has 1 aromatic heterocycles. The summed E-state index contributed by atoms with van der Waals surface area (Å²) in [5.74, 6) is -4.49. The van der Waals surface area contributed by atoms with Crippen LogP contribution in [0.15, 0.2) is 54.7 Å². The van der Waals surface area contributed by atoms with Crippen LogP contribution in [-0.4, -0.2) is 65.4 Å². The second-order valence-corrected chi connectivity index (χ2v) is 12.9. The molecule has 258 valence electrons. The quantitative estimate of drug-likeness (QED) is 0.126. The average molecular weight is 700 g/mol. The maximum atomic E-state index is 15.3. The van der Waals surface area contributed by atoms with Crippen molar-refractivity contribution in [1.29, 1.82) is 0 Å². The van der Waals surface area contributed by atoms with Crippen molar-refractivity contribution in [3.05, 3.63) is 83.6 Å². The molecule has 10 nitrogen and oxygen atoms in total. The number of halogens is 4. The zero-order valence-corrected chi connectivity index (χ0v) is 27.4. The standard InChI is InChI=1S/C34H33F4N5O5S/c1-19-32(44)43(33(49-19)30-22(35)7-5-8-23(30)36)41-34(45)40-20-15-24(37)31(25(38)16-20)48-27-9-10-39-26-18-29(28(46-2)17-21(26)27)47-14-6-13-42-11-3-4-12-42/h5,7-10,15-19,33H,3-4,6,11-14H2,1-2H3,(H2,40,41,45). The van der Waals surface area contributed by atoms with Crippen molar-refractivity contribution in [2.75, 3.05) is 38.7 Å². The van der Waals surface area contributed by atoms with Gasteiger partial charge in [-0.25, -0.2) is 32.8 Å². The zero-order valence-electron chi connectivity index (χ0n) is 26.6. The Kier molecular flexibility index (Phi) is 10.3. The number of thioether (sulfide) groups is 1. The molecule has 0 radical (unpaired) electrons. The van der Waals surface area contributed by atoms with E-state index >= 15 is 8.78 Å². The molecular weight excluding hydrogens is 666 g/mol. The summed E-state index contributed by atoms with van der Waals surface area (Å²) in [5, 5.41) is 1.49. The summed E-state index contributed by atoms with van der Waals surface area (Å²) in [6.07, 6.45) is 4.70. The van der Waals surface area contributed by atoms with Gasteiger partial charge in [0, 0.05) is 42.0 Å². The maximum Gasteiger partial charge on any atom is 0.338 e. The molecule has 3 heterocycles. The van der Waals surface area contributed by atoms with Crippen LogP contribution >= 0.6 is 11.8 Å². The molecule has 2 N–H and O–H groups in total. The zero-order chi connectivity index (χ0) is 34.7. The van der Waals surface area contributed by atoms with Gasteiger partial charge in [0.05, 0.1) is 30.0 Å². The minimum absolute atomic E-state index is 0.0886. The number of amides is 3. The molecular formula is C34H33F4N5O5S. The van der Waals surface area contributed by atoms with Crippen LogP contribution in [0.25, 0.3) is 10.9 Å². The Bertz CT molecular complexity index is 1840. The lowest BCUT2D eigenvalue weighted by atomic mass is 10.1. The number of hydrogen-bond donors (Lipinski definition) is 2. The summed E-state index contributed by atoms with van der Waals surface area (Å²) in [6, 6.07) is 8.56. The highest BCUT2D eigenvalue weighted by molar-refractivity contribution is 8.01. The fourth-order valence-corrected chi connectivity index (χ4v) is 7.01. The Morgan fingerprint density at radius 3 is 2.39 bits per heavy atom. The Balaban J connectivity index is 1.15. The fourth-order valence-electron chi connectivity index (χ4n) is 5.76. The van der Waals surface area contributed by atoms with Crippen LogP contribution < -0.4 is 25.0 Å². The molecule has 0 aliphatic carbocycles. The number of carbonyl (C=O) groups is 2. The SMILES string of the molecule is COc1cc2c(Oc3c(F)cc(NC(=O)NN4C(=O)C(C)SC4c4c(F)cccc4F)cc3F)ccnc2cc1OCCCN1CCCC1. The Labute approximate surface area is 283 Å². The van der Waals surface area contributed by atoms with Gasteiger partial charge in [-0.05, 0) is 63.5 Å². The van der Waals surface area contributed by atoms with Gasteiger partial charge in [-0.3, -0.25) is 9.78 Å². The first-order valence-corrected chi connectivity index (χ1v) is 16.6. The summed E-state index contributed by atoms with van der Waals surface area (Å²) >= 11 is 0.928. The smallest absolute Gasteiger partial charge is 0.338 e. The number of hydrazine groups is 1. The van der Waals surface area contributed by atoms with E-state index < -0.39 is 57.1 Å². The minimum Gasteiger partial charge on any atom is -0.493 e. The van der Waals surface area contributed by atoms with Crippen LogP contribution in [0.3, 0.4) is 0 Å². The van der Waals surface area contributed by atoms with Gasteiger partial charge < -0.3 is 24.4 Å². The van der Waals surface area contributed by atoms with E-state index in [1.54, 1.807) is 12.1 Å². The molecule has 3 amide bonds. The van der Waals surface area contributed by atoms with E-state index in [-0.39, 0.29) is 11.4 Å². The van der Waals surface area contributed by atoms with Gasteiger partial charge in [0.25, 0.3) is 5.91 Å². The van der Waals surface area contributed by atoms with Crippen LogP contribution in [0.4, 0.5) is 28.0 Å². The van der Waals surface area contributed by atoms with Gasteiger partial charge in [0.2, 0.25) is 0 Å². The highest BCUT2D eigenvalue weighted by Crippen LogP contribution is 2.44. The van der Waals surface area contributed by atoms with E-state index in [4.69, 9.17) is 14.2 Å². The van der Waals surface area contributed by atoms with Gasteiger partial charge in [0.15, 0.2) is 28.9 Å². The number of benzene rings is 3. The lowest BCUT2D eigenvalue weighted by molar-refractivity contribution is -0.132. The van der Waals surface area contributed by atoms with Crippen molar-refractivity contribution in [2.45, 2.75) is 36.8 Å². The lowest BCUT2D eigenvalue weighted by Gasteiger charge is -2.25. The summed E-state index contributed by atoms with van der Waals surface area (Å²) in [4.78, 5) is 32.3. The summed E-state index contributed by atoms with van der Waals surface area (Å²) in [5.41, 5.74) is 1.96.